The summed E-state index contributed by atoms with van der Waals surface area (Å²) in [7, 11) is -1.65. The van der Waals surface area contributed by atoms with Crippen LogP contribution in [0.2, 0.25) is 5.02 Å². The number of carbonyl (C=O) groups is 1. The molecule has 0 spiro atoms. The van der Waals surface area contributed by atoms with Gasteiger partial charge in [0.25, 0.3) is 5.91 Å². The highest BCUT2D eigenvalue weighted by atomic mass is 35.5. The summed E-state index contributed by atoms with van der Waals surface area (Å²) in [6, 6.07) is 10.1. The van der Waals surface area contributed by atoms with Crippen LogP contribution in [0.4, 0.5) is 4.39 Å². The van der Waals surface area contributed by atoms with Gasteiger partial charge in [-0.2, -0.15) is 0 Å². The first kappa shape index (κ1) is 15.5. The van der Waals surface area contributed by atoms with Crippen LogP contribution < -0.4 is 10.8 Å². The molecule has 2 rings (SSSR count). The van der Waals surface area contributed by atoms with Gasteiger partial charge in [0.05, 0.1) is 0 Å². The Balaban J connectivity index is 2.06. The van der Waals surface area contributed by atoms with Gasteiger partial charge in [-0.15, -0.1) is 0 Å². The molecular formula is C14H12BClFNO3. The van der Waals surface area contributed by atoms with Crippen molar-refractivity contribution >= 4 is 30.1 Å². The molecule has 0 bridgehead atoms. The monoisotopic (exact) mass is 307 g/mol. The Hall–Kier alpha value is -1.89. The van der Waals surface area contributed by atoms with Crippen LogP contribution in [0.25, 0.3) is 0 Å². The second-order valence-corrected chi connectivity index (χ2v) is 4.85. The van der Waals surface area contributed by atoms with Crippen molar-refractivity contribution < 1.29 is 19.2 Å². The normalized spacial score (nSPS) is 10.3. The average molecular weight is 308 g/mol. The largest absolute Gasteiger partial charge is 0.488 e. The molecule has 0 saturated heterocycles. The first-order chi connectivity index (χ1) is 9.97. The van der Waals surface area contributed by atoms with Crippen molar-refractivity contribution in [2.45, 2.75) is 6.54 Å². The van der Waals surface area contributed by atoms with E-state index in [1.54, 1.807) is 0 Å². The molecule has 0 fully saturated rings. The van der Waals surface area contributed by atoms with Crippen LogP contribution >= 0.6 is 11.6 Å². The Labute approximate surface area is 126 Å². The summed E-state index contributed by atoms with van der Waals surface area (Å²) in [6.45, 7) is 0.00768. The molecular weight excluding hydrogens is 295 g/mol. The minimum atomic E-state index is -1.65. The second-order valence-electron chi connectivity index (χ2n) is 4.42. The zero-order valence-corrected chi connectivity index (χ0v) is 11.6. The fourth-order valence-electron chi connectivity index (χ4n) is 1.78. The summed E-state index contributed by atoms with van der Waals surface area (Å²) in [5.74, 6) is -0.936. The molecule has 0 aliphatic rings. The molecule has 108 valence electrons. The Bertz CT molecular complexity index is 666. The third-order valence-corrected chi connectivity index (χ3v) is 3.14. The van der Waals surface area contributed by atoms with E-state index in [9.17, 15) is 9.18 Å². The maximum atomic E-state index is 13.6. The molecule has 0 aromatic heterocycles. The number of hydrogen-bond acceptors (Lipinski definition) is 3. The van der Waals surface area contributed by atoms with E-state index in [0.29, 0.717) is 5.56 Å². The predicted molar refractivity (Wildman–Crippen MR) is 78.8 cm³/mol. The first-order valence-electron chi connectivity index (χ1n) is 6.15. The van der Waals surface area contributed by atoms with Gasteiger partial charge in [0.2, 0.25) is 0 Å². The second kappa shape index (κ2) is 6.71. The highest BCUT2D eigenvalue weighted by Crippen LogP contribution is 2.14. The van der Waals surface area contributed by atoms with Gasteiger partial charge in [0, 0.05) is 22.7 Å². The van der Waals surface area contributed by atoms with Crippen LogP contribution in [0.1, 0.15) is 15.9 Å². The van der Waals surface area contributed by atoms with Gasteiger partial charge in [-0.25, -0.2) is 4.39 Å². The Morgan fingerprint density at radius 3 is 2.67 bits per heavy atom. The van der Waals surface area contributed by atoms with Crippen LogP contribution in [0, 0.1) is 5.82 Å². The van der Waals surface area contributed by atoms with Crippen LogP contribution in [0.5, 0.6) is 0 Å². The van der Waals surface area contributed by atoms with Crippen LogP contribution in [-0.4, -0.2) is 23.1 Å². The zero-order valence-electron chi connectivity index (χ0n) is 10.9. The van der Waals surface area contributed by atoms with Crippen molar-refractivity contribution in [1.82, 2.24) is 5.32 Å². The van der Waals surface area contributed by atoms with E-state index < -0.39 is 18.8 Å². The standard InChI is InChI=1S/C14H12BClFNO3/c16-12-5-4-10(13(17)7-12)8-18-14(19)9-2-1-3-11(6-9)15(20)21/h1-7,20-21H,8H2,(H,18,19). The molecule has 21 heavy (non-hydrogen) atoms. The van der Waals surface area contributed by atoms with Gasteiger partial charge >= 0.3 is 7.12 Å². The predicted octanol–water partition coefficient (Wildman–Crippen LogP) is 1.09. The van der Waals surface area contributed by atoms with Gasteiger partial charge in [0.1, 0.15) is 5.82 Å². The smallest absolute Gasteiger partial charge is 0.423 e. The lowest BCUT2D eigenvalue weighted by atomic mass is 9.79. The molecule has 0 saturated carbocycles. The summed E-state index contributed by atoms with van der Waals surface area (Å²) in [5, 5.41) is 21.0. The van der Waals surface area contributed by atoms with E-state index in [-0.39, 0.29) is 22.6 Å². The van der Waals surface area contributed by atoms with Crippen molar-refractivity contribution in [1.29, 1.82) is 0 Å². The highest BCUT2D eigenvalue weighted by Gasteiger charge is 2.14. The van der Waals surface area contributed by atoms with Gasteiger partial charge in [-0.3, -0.25) is 4.79 Å². The molecule has 0 heterocycles. The van der Waals surface area contributed by atoms with E-state index >= 15 is 0 Å². The molecule has 0 aliphatic heterocycles. The van der Waals surface area contributed by atoms with Crippen molar-refractivity contribution in [2.24, 2.45) is 0 Å². The lowest BCUT2D eigenvalue weighted by molar-refractivity contribution is 0.0950. The van der Waals surface area contributed by atoms with Crippen LogP contribution in [0.15, 0.2) is 42.5 Å². The van der Waals surface area contributed by atoms with Crippen LogP contribution in [0.3, 0.4) is 0 Å². The molecule has 0 aliphatic carbocycles. The minimum Gasteiger partial charge on any atom is -0.423 e. The van der Waals surface area contributed by atoms with Gasteiger partial charge in [0.15, 0.2) is 0 Å². The SMILES string of the molecule is O=C(NCc1ccc(Cl)cc1F)c1cccc(B(O)O)c1. The lowest BCUT2D eigenvalue weighted by Gasteiger charge is -2.08. The summed E-state index contributed by atoms with van der Waals surface area (Å²) < 4.78 is 13.6. The fraction of sp³-hybridized carbons (Fsp3) is 0.0714. The Kier molecular flexibility index (Phi) is 4.96. The average Bonchev–Trinajstić information content (AvgIpc) is 2.46. The minimum absolute atomic E-state index is 0.00768. The maximum Gasteiger partial charge on any atom is 0.488 e. The number of halogens is 2. The van der Waals surface area contributed by atoms with Gasteiger partial charge in [-0.1, -0.05) is 29.8 Å². The Morgan fingerprint density at radius 2 is 2.00 bits per heavy atom. The zero-order chi connectivity index (χ0) is 15.4. The van der Waals surface area contributed by atoms with E-state index in [2.05, 4.69) is 5.32 Å². The number of amides is 1. The lowest BCUT2D eigenvalue weighted by Crippen LogP contribution is -2.31. The molecule has 0 atom stereocenters. The summed E-state index contributed by atoms with van der Waals surface area (Å²) >= 11 is 5.65. The van der Waals surface area contributed by atoms with Crippen molar-refractivity contribution in [3.8, 4) is 0 Å². The van der Waals surface area contributed by atoms with E-state index in [4.69, 9.17) is 21.6 Å². The molecule has 3 N–H and O–H groups in total. The van der Waals surface area contributed by atoms with Gasteiger partial charge in [-0.05, 0) is 29.7 Å². The van der Waals surface area contributed by atoms with E-state index in [1.165, 1.54) is 42.5 Å². The molecule has 1 amide bonds. The summed E-state index contributed by atoms with van der Waals surface area (Å²) in [4.78, 5) is 11.9. The van der Waals surface area contributed by atoms with Gasteiger partial charge < -0.3 is 15.4 Å². The molecule has 7 heteroatoms. The first-order valence-corrected chi connectivity index (χ1v) is 6.53. The maximum absolute atomic E-state index is 13.6. The molecule has 4 nitrogen and oxygen atoms in total. The number of carbonyl (C=O) groups excluding carboxylic acids is 1. The number of nitrogens with one attached hydrogen (secondary N) is 1. The molecule has 0 unspecified atom stereocenters. The van der Waals surface area contributed by atoms with Crippen molar-refractivity contribution in [3.05, 3.63) is 64.4 Å². The molecule has 2 aromatic rings. The third kappa shape index (κ3) is 4.04. The number of hydrogen-bond donors (Lipinski definition) is 3. The van der Waals surface area contributed by atoms with Crippen molar-refractivity contribution in [2.75, 3.05) is 0 Å². The topological polar surface area (TPSA) is 69.6 Å². The molecule has 0 radical (unpaired) electrons. The fourth-order valence-corrected chi connectivity index (χ4v) is 1.94. The van der Waals surface area contributed by atoms with E-state index in [1.807, 2.05) is 0 Å². The van der Waals surface area contributed by atoms with Crippen LogP contribution in [-0.2, 0) is 6.54 Å². The summed E-state index contributed by atoms with van der Waals surface area (Å²) in [6.07, 6.45) is 0. The number of rotatable bonds is 4. The van der Waals surface area contributed by atoms with E-state index in [0.717, 1.165) is 0 Å². The summed E-state index contributed by atoms with van der Waals surface area (Å²) in [5.41, 5.74) is 0.779. The third-order valence-electron chi connectivity index (χ3n) is 2.90. The molecule has 2 aromatic carbocycles. The van der Waals surface area contributed by atoms with Crippen molar-refractivity contribution in [3.63, 3.8) is 0 Å². The quantitative estimate of drug-likeness (QED) is 0.741. The Morgan fingerprint density at radius 1 is 1.24 bits per heavy atom. The number of benzene rings is 2. The highest BCUT2D eigenvalue weighted by molar-refractivity contribution is 6.58.